The molecule has 2 N–H and O–H groups in total. The molecular formula is C18H31ClN2O. The topological polar surface area (TPSA) is 35.5 Å². The van der Waals surface area contributed by atoms with Crippen LogP contribution in [0.5, 0.6) is 0 Å². The summed E-state index contributed by atoms with van der Waals surface area (Å²) in [5.41, 5.74) is 0.451. The maximum atomic E-state index is 10.6. The van der Waals surface area contributed by atoms with Crippen LogP contribution in [0.2, 0.25) is 0 Å². The number of halogens is 1. The SMILES string of the molecule is Cl.OC1C2CCN(CC2)C1CNC12CC3CC(CC(C3)C1)C2. The van der Waals surface area contributed by atoms with Crippen molar-refractivity contribution < 1.29 is 5.11 Å². The standard InChI is InChI=1S/C18H30N2O.ClH/c21-17-15-1-3-20(4-2-15)16(17)11-19-18-8-12-5-13(9-18)7-14(6-12)10-18;/h12-17,19,21H,1-11H2;1H. The highest BCUT2D eigenvalue weighted by atomic mass is 35.5. The van der Waals surface area contributed by atoms with Gasteiger partial charge in [0.05, 0.1) is 6.10 Å². The predicted molar refractivity (Wildman–Crippen MR) is 90.2 cm³/mol. The van der Waals surface area contributed by atoms with Crippen LogP contribution in [0.15, 0.2) is 0 Å². The van der Waals surface area contributed by atoms with Gasteiger partial charge in [-0.25, -0.2) is 0 Å². The highest BCUT2D eigenvalue weighted by molar-refractivity contribution is 5.85. The van der Waals surface area contributed by atoms with E-state index in [1.165, 1.54) is 64.5 Å². The minimum absolute atomic E-state index is 0. The molecule has 3 heterocycles. The largest absolute Gasteiger partial charge is 0.391 e. The zero-order valence-electron chi connectivity index (χ0n) is 13.5. The van der Waals surface area contributed by atoms with Crippen LogP contribution < -0.4 is 5.32 Å². The monoisotopic (exact) mass is 326 g/mol. The first-order valence-corrected chi connectivity index (χ1v) is 9.38. The molecule has 7 fully saturated rings. The van der Waals surface area contributed by atoms with E-state index in [1.54, 1.807) is 0 Å². The molecule has 0 aromatic carbocycles. The molecule has 0 spiro atoms. The maximum absolute atomic E-state index is 10.6. The Kier molecular flexibility index (Phi) is 4.00. The van der Waals surface area contributed by atoms with Crippen LogP contribution in [-0.4, -0.2) is 47.3 Å². The molecule has 4 saturated carbocycles. The van der Waals surface area contributed by atoms with Gasteiger partial charge in [-0.1, -0.05) is 0 Å². The number of nitrogens with one attached hydrogen (secondary N) is 1. The van der Waals surface area contributed by atoms with Gasteiger partial charge in [0.1, 0.15) is 0 Å². The molecule has 126 valence electrons. The first kappa shape index (κ1) is 15.7. The molecule has 0 aromatic heterocycles. The Morgan fingerprint density at radius 1 is 0.955 bits per heavy atom. The number of hydrogen-bond donors (Lipinski definition) is 2. The number of piperidine rings is 3. The molecule has 0 amide bonds. The Labute approximate surface area is 140 Å². The van der Waals surface area contributed by atoms with E-state index in [2.05, 4.69) is 10.2 Å². The molecule has 0 aromatic rings. The van der Waals surface area contributed by atoms with Crippen molar-refractivity contribution in [3.63, 3.8) is 0 Å². The molecule has 7 rings (SSSR count). The van der Waals surface area contributed by atoms with Gasteiger partial charge in [-0.3, -0.25) is 4.90 Å². The summed E-state index contributed by atoms with van der Waals surface area (Å²) in [5.74, 6) is 3.61. The van der Waals surface area contributed by atoms with E-state index < -0.39 is 0 Å². The fourth-order valence-corrected chi connectivity index (χ4v) is 7.02. The lowest BCUT2D eigenvalue weighted by Gasteiger charge is -2.58. The molecule has 0 radical (unpaired) electrons. The Bertz CT molecular complexity index is 384. The highest BCUT2D eigenvalue weighted by Gasteiger charge is 2.51. The molecule has 22 heavy (non-hydrogen) atoms. The van der Waals surface area contributed by atoms with E-state index in [1.807, 2.05) is 0 Å². The van der Waals surface area contributed by atoms with Gasteiger partial charge < -0.3 is 10.4 Å². The summed E-state index contributed by atoms with van der Waals surface area (Å²) in [6.07, 6.45) is 11.2. The van der Waals surface area contributed by atoms with E-state index in [4.69, 9.17) is 0 Å². The van der Waals surface area contributed by atoms with Gasteiger partial charge in [0.15, 0.2) is 0 Å². The number of hydrogen-bond acceptors (Lipinski definition) is 3. The Hall–Kier alpha value is 0.170. The minimum Gasteiger partial charge on any atom is -0.391 e. The average molecular weight is 327 g/mol. The number of fused-ring (bicyclic) bond motifs is 3. The summed E-state index contributed by atoms with van der Waals surface area (Å²) >= 11 is 0. The van der Waals surface area contributed by atoms with Crippen LogP contribution >= 0.6 is 12.4 Å². The smallest absolute Gasteiger partial charge is 0.0736 e. The van der Waals surface area contributed by atoms with Gasteiger partial charge in [0.25, 0.3) is 0 Å². The molecule has 3 aliphatic heterocycles. The number of aliphatic hydroxyl groups is 1. The summed E-state index contributed by atoms with van der Waals surface area (Å²) < 4.78 is 0. The minimum atomic E-state index is -0.0751. The quantitative estimate of drug-likeness (QED) is 0.836. The lowest BCUT2D eigenvalue weighted by molar-refractivity contribution is -0.0804. The summed E-state index contributed by atoms with van der Waals surface area (Å²) in [4.78, 5) is 2.55. The van der Waals surface area contributed by atoms with Crippen LogP contribution in [0.1, 0.15) is 51.4 Å². The van der Waals surface area contributed by atoms with E-state index in [9.17, 15) is 5.11 Å². The zero-order valence-corrected chi connectivity index (χ0v) is 14.4. The molecular weight excluding hydrogens is 296 g/mol. The van der Waals surface area contributed by atoms with Gasteiger partial charge >= 0.3 is 0 Å². The third-order valence-corrected chi connectivity index (χ3v) is 7.64. The van der Waals surface area contributed by atoms with Crippen molar-refractivity contribution in [2.75, 3.05) is 19.6 Å². The van der Waals surface area contributed by atoms with E-state index >= 15 is 0 Å². The van der Waals surface area contributed by atoms with Crippen LogP contribution in [0, 0.1) is 23.7 Å². The van der Waals surface area contributed by atoms with Crippen molar-refractivity contribution >= 4 is 12.4 Å². The summed E-state index contributed by atoms with van der Waals surface area (Å²) in [6.45, 7) is 3.47. The second kappa shape index (κ2) is 5.61. The van der Waals surface area contributed by atoms with Gasteiger partial charge in [-0.15, -0.1) is 12.4 Å². The number of rotatable bonds is 3. The van der Waals surface area contributed by atoms with Gasteiger partial charge in [-0.05, 0) is 88.1 Å². The third kappa shape index (κ3) is 2.44. The summed E-state index contributed by atoms with van der Waals surface area (Å²) in [5, 5.41) is 14.6. The third-order valence-electron chi connectivity index (χ3n) is 7.64. The van der Waals surface area contributed by atoms with Gasteiger partial charge in [-0.2, -0.15) is 0 Å². The van der Waals surface area contributed by atoms with E-state index in [0.717, 1.165) is 24.3 Å². The van der Waals surface area contributed by atoms with Crippen LogP contribution in [-0.2, 0) is 0 Å². The molecule has 7 aliphatic rings. The summed E-state index contributed by atoms with van der Waals surface area (Å²) in [7, 11) is 0. The first-order chi connectivity index (χ1) is 10.2. The Balaban J connectivity index is 0.00000125. The zero-order chi connectivity index (χ0) is 14.0. The Morgan fingerprint density at radius 3 is 2.00 bits per heavy atom. The second-order valence-corrected chi connectivity index (χ2v) is 9.01. The van der Waals surface area contributed by atoms with Gasteiger partial charge in [0, 0.05) is 18.1 Å². The van der Waals surface area contributed by atoms with Crippen LogP contribution in [0.4, 0.5) is 0 Å². The molecule has 3 saturated heterocycles. The molecule has 2 atom stereocenters. The molecule has 6 bridgehead atoms. The summed E-state index contributed by atoms with van der Waals surface area (Å²) in [6, 6.07) is 0.394. The number of aliphatic hydroxyl groups excluding tert-OH is 1. The lowest BCUT2D eigenvalue weighted by atomic mass is 9.53. The molecule has 2 unspecified atom stereocenters. The van der Waals surface area contributed by atoms with E-state index in [0.29, 0.717) is 17.5 Å². The van der Waals surface area contributed by atoms with E-state index in [-0.39, 0.29) is 18.5 Å². The van der Waals surface area contributed by atoms with Crippen molar-refractivity contribution in [1.29, 1.82) is 0 Å². The second-order valence-electron chi connectivity index (χ2n) is 9.01. The molecule has 4 heteroatoms. The van der Waals surface area contributed by atoms with Gasteiger partial charge in [0.2, 0.25) is 0 Å². The van der Waals surface area contributed by atoms with Crippen molar-refractivity contribution in [2.24, 2.45) is 23.7 Å². The van der Waals surface area contributed by atoms with Crippen molar-refractivity contribution in [3.05, 3.63) is 0 Å². The van der Waals surface area contributed by atoms with Crippen molar-refractivity contribution in [3.8, 4) is 0 Å². The predicted octanol–water partition coefficient (Wildman–Crippen LogP) is 2.42. The fourth-order valence-electron chi connectivity index (χ4n) is 7.02. The van der Waals surface area contributed by atoms with Crippen molar-refractivity contribution in [2.45, 2.75) is 69.1 Å². The Morgan fingerprint density at radius 2 is 1.50 bits per heavy atom. The average Bonchev–Trinajstić information content (AvgIpc) is 2.46. The van der Waals surface area contributed by atoms with Crippen LogP contribution in [0.25, 0.3) is 0 Å². The first-order valence-electron chi connectivity index (χ1n) is 9.38. The normalized spacial score (nSPS) is 55.2. The maximum Gasteiger partial charge on any atom is 0.0736 e. The molecule has 4 aliphatic carbocycles. The number of nitrogens with zero attached hydrogens (tertiary/aromatic N) is 1. The lowest BCUT2D eigenvalue weighted by Crippen LogP contribution is -2.65. The fraction of sp³-hybridized carbons (Fsp3) is 1.00. The van der Waals surface area contributed by atoms with Crippen LogP contribution in [0.3, 0.4) is 0 Å². The van der Waals surface area contributed by atoms with Crippen molar-refractivity contribution in [1.82, 2.24) is 10.2 Å². The highest BCUT2D eigenvalue weighted by Crippen LogP contribution is 2.55. The molecule has 3 nitrogen and oxygen atoms in total.